The summed E-state index contributed by atoms with van der Waals surface area (Å²) in [5.74, 6) is 1.45. The summed E-state index contributed by atoms with van der Waals surface area (Å²) >= 11 is 0. The Bertz CT molecular complexity index is 728. The van der Waals surface area contributed by atoms with Crippen LogP contribution in [-0.4, -0.2) is 33.0 Å². The molecule has 0 spiro atoms. The van der Waals surface area contributed by atoms with Crippen molar-refractivity contribution in [3.05, 3.63) is 42.5 Å². The number of nitrogens with zero attached hydrogens (tertiary/aromatic N) is 4. The summed E-state index contributed by atoms with van der Waals surface area (Å²) in [7, 11) is 1.64. The van der Waals surface area contributed by atoms with Gasteiger partial charge in [-0.3, -0.25) is 4.40 Å². The summed E-state index contributed by atoms with van der Waals surface area (Å²) in [6.45, 7) is 3.22. The Morgan fingerprint density at radius 3 is 3.00 bits per heavy atom. The van der Waals surface area contributed by atoms with Crippen molar-refractivity contribution in [3.8, 4) is 11.4 Å². The number of fused-ring (bicyclic) bond motifs is 1. The van der Waals surface area contributed by atoms with Crippen LogP contribution in [0.25, 0.3) is 17.0 Å². The topological polar surface area (TPSA) is 64.3 Å². The van der Waals surface area contributed by atoms with Gasteiger partial charge in [0.05, 0.1) is 11.4 Å². The number of hydrogen-bond acceptors (Lipinski definition) is 5. The molecule has 0 amide bonds. The van der Waals surface area contributed by atoms with E-state index in [-0.39, 0.29) is 0 Å². The fraction of sp³-hybridized carbons (Fsp3) is 0.267. The molecule has 3 rings (SSSR count). The van der Waals surface area contributed by atoms with Gasteiger partial charge < -0.3 is 10.1 Å². The van der Waals surface area contributed by atoms with Gasteiger partial charge in [-0.25, -0.2) is 15.0 Å². The van der Waals surface area contributed by atoms with E-state index in [9.17, 15) is 0 Å². The summed E-state index contributed by atoms with van der Waals surface area (Å²) in [5, 5.41) is 3.23. The highest BCUT2D eigenvalue weighted by atomic mass is 16.5. The largest absolute Gasteiger partial charge is 0.377 e. The number of aromatic nitrogens is 4. The number of pyridine rings is 1. The van der Waals surface area contributed by atoms with Crippen LogP contribution in [-0.2, 0) is 11.3 Å². The average Bonchev–Trinajstić information content (AvgIpc) is 2.96. The van der Waals surface area contributed by atoms with E-state index in [1.807, 2.05) is 41.8 Å². The molecule has 0 bridgehead atoms. The summed E-state index contributed by atoms with van der Waals surface area (Å²) in [4.78, 5) is 13.3. The Balaban J connectivity index is 2.14. The number of imidazole rings is 1. The zero-order valence-corrected chi connectivity index (χ0v) is 12.1. The fourth-order valence-electron chi connectivity index (χ4n) is 2.25. The maximum absolute atomic E-state index is 5.15. The monoisotopic (exact) mass is 283 g/mol. The predicted octanol–water partition coefficient (Wildman–Crippen LogP) is 2.37. The minimum Gasteiger partial charge on any atom is -0.377 e. The molecule has 0 aliphatic heterocycles. The molecule has 0 unspecified atom stereocenters. The van der Waals surface area contributed by atoms with Crippen LogP contribution in [0.5, 0.6) is 0 Å². The number of hydrogen-bond donors (Lipinski definition) is 1. The quantitative estimate of drug-likeness (QED) is 0.778. The molecular formula is C15H17N5O. The molecule has 6 nitrogen and oxygen atoms in total. The Labute approximate surface area is 122 Å². The summed E-state index contributed by atoms with van der Waals surface area (Å²) in [6.07, 6.45) is 3.71. The van der Waals surface area contributed by atoms with E-state index >= 15 is 0 Å². The van der Waals surface area contributed by atoms with Crippen molar-refractivity contribution < 1.29 is 4.74 Å². The van der Waals surface area contributed by atoms with Gasteiger partial charge in [-0.15, -0.1) is 0 Å². The Morgan fingerprint density at radius 2 is 2.19 bits per heavy atom. The van der Waals surface area contributed by atoms with E-state index in [0.29, 0.717) is 12.4 Å². The lowest BCUT2D eigenvalue weighted by atomic mass is 10.2. The van der Waals surface area contributed by atoms with Crippen molar-refractivity contribution in [3.63, 3.8) is 0 Å². The smallest absolute Gasteiger partial charge is 0.157 e. The number of anilines is 1. The lowest BCUT2D eigenvalue weighted by Crippen LogP contribution is -2.06. The van der Waals surface area contributed by atoms with E-state index < -0.39 is 0 Å². The third kappa shape index (κ3) is 2.71. The Kier molecular flexibility index (Phi) is 3.79. The maximum atomic E-state index is 5.15. The Morgan fingerprint density at radius 1 is 1.29 bits per heavy atom. The van der Waals surface area contributed by atoms with Crippen LogP contribution < -0.4 is 5.32 Å². The molecular weight excluding hydrogens is 266 g/mol. The number of rotatable bonds is 5. The van der Waals surface area contributed by atoms with E-state index in [0.717, 1.165) is 29.4 Å². The van der Waals surface area contributed by atoms with E-state index in [1.54, 1.807) is 13.3 Å². The molecule has 0 radical (unpaired) electrons. The highest BCUT2D eigenvalue weighted by Crippen LogP contribution is 2.21. The van der Waals surface area contributed by atoms with Crippen LogP contribution >= 0.6 is 0 Å². The van der Waals surface area contributed by atoms with E-state index in [2.05, 4.69) is 20.3 Å². The molecule has 21 heavy (non-hydrogen) atoms. The highest BCUT2D eigenvalue weighted by Gasteiger charge is 2.09. The van der Waals surface area contributed by atoms with Gasteiger partial charge in [0.1, 0.15) is 18.1 Å². The third-order valence-corrected chi connectivity index (χ3v) is 3.09. The number of nitrogens with one attached hydrogen (secondary N) is 1. The zero-order chi connectivity index (χ0) is 14.7. The van der Waals surface area contributed by atoms with Gasteiger partial charge in [0.2, 0.25) is 0 Å². The first-order valence-electron chi connectivity index (χ1n) is 6.85. The van der Waals surface area contributed by atoms with Crippen molar-refractivity contribution >= 4 is 11.5 Å². The SMILES string of the molecule is CCNc1cc(-c2cccc3nccn23)nc(COC)n1. The van der Waals surface area contributed by atoms with Crippen LogP contribution in [0.1, 0.15) is 12.7 Å². The van der Waals surface area contributed by atoms with Gasteiger partial charge >= 0.3 is 0 Å². The second kappa shape index (κ2) is 5.88. The molecule has 6 heteroatoms. The van der Waals surface area contributed by atoms with Crippen molar-refractivity contribution in [2.45, 2.75) is 13.5 Å². The van der Waals surface area contributed by atoms with Gasteiger partial charge in [-0.05, 0) is 19.1 Å². The van der Waals surface area contributed by atoms with Gasteiger partial charge in [0, 0.05) is 32.1 Å². The molecule has 108 valence electrons. The van der Waals surface area contributed by atoms with Crippen molar-refractivity contribution in [1.82, 2.24) is 19.4 Å². The second-order valence-electron chi connectivity index (χ2n) is 4.58. The van der Waals surface area contributed by atoms with Gasteiger partial charge in [0.25, 0.3) is 0 Å². The van der Waals surface area contributed by atoms with Crippen LogP contribution in [0, 0.1) is 0 Å². The van der Waals surface area contributed by atoms with Crippen molar-refractivity contribution in [2.75, 3.05) is 19.0 Å². The average molecular weight is 283 g/mol. The minimum absolute atomic E-state index is 0.381. The maximum Gasteiger partial charge on any atom is 0.157 e. The van der Waals surface area contributed by atoms with Gasteiger partial charge in [-0.1, -0.05) is 6.07 Å². The number of ether oxygens (including phenoxy) is 1. The molecule has 0 saturated heterocycles. The first kappa shape index (κ1) is 13.5. The Hall–Kier alpha value is -2.47. The lowest BCUT2D eigenvalue weighted by Gasteiger charge is -2.10. The first-order valence-corrected chi connectivity index (χ1v) is 6.85. The molecule has 0 fully saturated rings. The van der Waals surface area contributed by atoms with Crippen LogP contribution in [0.3, 0.4) is 0 Å². The van der Waals surface area contributed by atoms with Gasteiger partial charge in [-0.2, -0.15) is 0 Å². The molecule has 0 saturated carbocycles. The molecule has 3 aromatic rings. The van der Waals surface area contributed by atoms with Gasteiger partial charge in [0.15, 0.2) is 5.82 Å². The molecule has 0 aromatic carbocycles. The molecule has 0 aliphatic rings. The van der Waals surface area contributed by atoms with Crippen LogP contribution in [0.2, 0.25) is 0 Å². The normalized spacial score (nSPS) is 11.0. The minimum atomic E-state index is 0.381. The second-order valence-corrected chi connectivity index (χ2v) is 4.58. The summed E-state index contributed by atoms with van der Waals surface area (Å²) < 4.78 is 7.16. The summed E-state index contributed by atoms with van der Waals surface area (Å²) in [6, 6.07) is 7.90. The predicted molar refractivity (Wildman–Crippen MR) is 81.1 cm³/mol. The van der Waals surface area contributed by atoms with Crippen LogP contribution in [0.4, 0.5) is 5.82 Å². The van der Waals surface area contributed by atoms with E-state index in [4.69, 9.17) is 4.74 Å². The van der Waals surface area contributed by atoms with Crippen molar-refractivity contribution in [2.24, 2.45) is 0 Å². The van der Waals surface area contributed by atoms with Crippen LogP contribution in [0.15, 0.2) is 36.7 Å². The van der Waals surface area contributed by atoms with Crippen molar-refractivity contribution in [1.29, 1.82) is 0 Å². The summed E-state index contributed by atoms with van der Waals surface area (Å²) in [5.41, 5.74) is 2.71. The van der Waals surface area contributed by atoms with E-state index in [1.165, 1.54) is 0 Å². The molecule has 3 aromatic heterocycles. The standard InChI is InChI=1S/C15H17N5O/c1-3-16-13-9-11(18-14(19-13)10-21-2)12-5-4-6-15-17-7-8-20(12)15/h4-9H,3,10H2,1-2H3,(H,16,18,19). The highest BCUT2D eigenvalue weighted by molar-refractivity contribution is 5.62. The lowest BCUT2D eigenvalue weighted by molar-refractivity contribution is 0.178. The first-order chi connectivity index (χ1) is 10.3. The third-order valence-electron chi connectivity index (χ3n) is 3.09. The number of methoxy groups -OCH3 is 1. The zero-order valence-electron chi connectivity index (χ0n) is 12.1. The molecule has 0 aliphatic carbocycles. The fourth-order valence-corrected chi connectivity index (χ4v) is 2.25. The molecule has 0 atom stereocenters. The molecule has 1 N–H and O–H groups in total. The molecule has 3 heterocycles.